The molecule has 0 aromatic carbocycles. The second-order valence-corrected chi connectivity index (χ2v) is 3.42. The lowest BCUT2D eigenvalue weighted by molar-refractivity contribution is 0.318. The Labute approximate surface area is 76.2 Å². The van der Waals surface area contributed by atoms with Crippen molar-refractivity contribution in [3.05, 3.63) is 0 Å². The fourth-order valence-corrected chi connectivity index (χ4v) is 1.49. The highest BCUT2D eigenvalue weighted by Crippen LogP contribution is 2.15. The van der Waals surface area contributed by atoms with Crippen LogP contribution >= 0.6 is 0 Å². The third-order valence-electron chi connectivity index (χ3n) is 2.15. The van der Waals surface area contributed by atoms with Crippen LogP contribution in [-0.4, -0.2) is 17.8 Å². The summed E-state index contributed by atoms with van der Waals surface area (Å²) < 4.78 is 0. The average Bonchev–Trinajstić information content (AvgIpc) is 1.98. The largest absolute Gasteiger partial charge is 0.397 e. The highest BCUT2D eigenvalue weighted by Gasteiger charge is 2.04. The zero-order chi connectivity index (χ0) is 9.23. The predicted molar refractivity (Wildman–Crippen MR) is 53.1 cm³/mol. The first-order chi connectivity index (χ1) is 5.81. The van der Waals surface area contributed by atoms with Crippen LogP contribution in [0, 0.1) is 0 Å². The van der Waals surface area contributed by atoms with E-state index in [0.717, 1.165) is 0 Å². The lowest BCUT2D eigenvalue weighted by atomic mass is 9.98. The van der Waals surface area contributed by atoms with E-state index in [1.807, 2.05) is 0 Å². The monoisotopic (exact) mass is 173 g/mol. The van der Waals surface area contributed by atoms with Crippen LogP contribution in [0.3, 0.4) is 0 Å². The number of nitrogens with two attached hydrogens (primary N) is 1. The maximum absolute atomic E-state index is 7.57. The van der Waals surface area contributed by atoms with Gasteiger partial charge in [-0.15, -0.1) is 0 Å². The zero-order valence-electron chi connectivity index (χ0n) is 8.26. The Bertz CT molecular complexity index is 77.9. The standard InChI is InChI=1S/C8H17N.C2H6O/c9-8-6-4-2-1-3-5-7-8;1-2-3/h8H,1-7,9H2;3H,2H2,1H3. The minimum absolute atomic E-state index is 0.250. The van der Waals surface area contributed by atoms with Crippen molar-refractivity contribution in [2.24, 2.45) is 5.73 Å². The van der Waals surface area contributed by atoms with Gasteiger partial charge in [-0.05, 0) is 19.8 Å². The van der Waals surface area contributed by atoms with Gasteiger partial charge >= 0.3 is 0 Å². The quantitative estimate of drug-likeness (QED) is 0.589. The second-order valence-electron chi connectivity index (χ2n) is 3.42. The van der Waals surface area contributed by atoms with Crippen molar-refractivity contribution in [3.8, 4) is 0 Å². The normalized spacial score (nSPS) is 20.2. The van der Waals surface area contributed by atoms with E-state index in [1.165, 1.54) is 44.9 Å². The molecule has 0 amide bonds. The summed E-state index contributed by atoms with van der Waals surface area (Å²) in [5.41, 5.74) is 5.80. The van der Waals surface area contributed by atoms with Crippen molar-refractivity contribution in [2.45, 2.75) is 57.9 Å². The minimum Gasteiger partial charge on any atom is -0.397 e. The summed E-state index contributed by atoms with van der Waals surface area (Å²) in [5, 5.41) is 7.57. The number of aliphatic hydroxyl groups is 1. The van der Waals surface area contributed by atoms with Gasteiger partial charge in [0, 0.05) is 12.6 Å². The molecule has 0 bridgehead atoms. The Balaban J connectivity index is 0.000000354. The van der Waals surface area contributed by atoms with Crippen LogP contribution < -0.4 is 5.73 Å². The zero-order valence-corrected chi connectivity index (χ0v) is 8.26. The van der Waals surface area contributed by atoms with Gasteiger partial charge in [-0.2, -0.15) is 0 Å². The number of rotatable bonds is 0. The second kappa shape index (κ2) is 9.01. The molecule has 74 valence electrons. The molecule has 1 rings (SSSR count). The van der Waals surface area contributed by atoms with E-state index in [9.17, 15) is 0 Å². The van der Waals surface area contributed by atoms with E-state index in [0.29, 0.717) is 6.04 Å². The number of aliphatic hydroxyl groups excluding tert-OH is 1. The Morgan fingerprint density at radius 3 is 1.83 bits per heavy atom. The van der Waals surface area contributed by atoms with Crippen LogP contribution in [0.15, 0.2) is 0 Å². The van der Waals surface area contributed by atoms with Crippen molar-refractivity contribution < 1.29 is 5.11 Å². The van der Waals surface area contributed by atoms with Crippen molar-refractivity contribution in [1.82, 2.24) is 0 Å². The van der Waals surface area contributed by atoms with Crippen LogP contribution in [0.25, 0.3) is 0 Å². The Hall–Kier alpha value is -0.0800. The SMILES string of the molecule is CCO.NC1CCCCCCC1. The van der Waals surface area contributed by atoms with Crippen molar-refractivity contribution >= 4 is 0 Å². The van der Waals surface area contributed by atoms with Crippen molar-refractivity contribution in [2.75, 3.05) is 6.61 Å². The predicted octanol–water partition coefficient (Wildman–Crippen LogP) is 2.06. The van der Waals surface area contributed by atoms with Gasteiger partial charge in [-0.25, -0.2) is 0 Å². The Morgan fingerprint density at radius 1 is 1.08 bits per heavy atom. The van der Waals surface area contributed by atoms with Gasteiger partial charge in [0.05, 0.1) is 0 Å². The Morgan fingerprint density at radius 2 is 1.42 bits per heavy atom. The van der Waals surface area contributed by atoms with Gasteiger partial charge < -0.3 is 10.8 Å². The first kappa shape index (κ1) is 11.9. The van der Waals surface area contributed by atoms with Crippen LogP contribution in [0.1, 0.15) is 51.9 Å². The summed E-state index contributed by atoms with van der Waals surface area (Å²) in [4.78, 5) is 0. The molecule has 0 spiro atoms. The minimum atomic E-state index is 0.250. The first-order valence-electron chi connectivity index (χ1n) is 5.17. The molecule has 0 atom stereocenters. The molecular formula is C10H23NO. The van der Waals surface area contributed by atoms with Gasteiger partial charge in [-0.3, -0.25) is 0 Å². The van der Waals surface area contributed by atoms with E-state index in [2.05, 4.69) is 0 Å². The molecule has 2 heteroatoms. The third-order valence-corrected chi connectivity index (χ3v) is 2.15. The smallest absolute Gasteiger partial charge is 0.0402 e. The highest BCUT2D eigenvalue weighted by atomic mass is 16.2. The van der Waals surface area contributed by atoms with Gasteiger partial charge in [0.1, 0.15) is 0 Å². The van der Waals surface area contributed by atoms with Crippen LogP contribution in [-0.2, 0) is 0 Å². The molecule has 1 aliphatic rings. The summed E-state index contributed by atoms with van der Waals surface area (Å²) >= 11 is 0. The first-order valence-corrected chi connectivity index (χ1v) is 5.17. The van der Waals surface area contributed by atoms with Crippen molar-refractivity contribution in [1.29, 1.82) is 0 Å². The van der Waals surface area contributed by atoms with E-state index in [-0.39, 0.29) is 6.61 Å². The summed E-state index contributed by atoms with van der Waals surface area (Å²) in [6.45, 7) is 1.93. The fraction of sp³-hybridized carbons (Fsp3) is 1.00. The summed E-state index contributed by atoms with van der Waals surface area (Å²) in [5.74, 6) is 0. The molecule has 0 heterocycles. The molecule has 3 N–H and O–H groups in total. The molecule has 0 unspecified atom stereocenters. The summed E-state index contributed by atoms with van der Waals surface area (Å²) in [7, 11) is 0. The Kier molecular flexibility index (Phi) is 8.95. The van der Waals surface area contributed by atoms with Gasteiger partial charge in [-0.1, -0.05) is 32.1 Å². The molecule has 0 aromatic rings. The van der Waals surface area contributed by atoms with Gasteiger partial charge in [0.15, 0.2) is 0 Å². The molecule has 1 aliphatic carbocycles. The third kappa shape index (κ3) is 8.02. The summed E-state index contributed by atoms with van der Waals surface area (Å²) in [6, 6.07) is 0.519. The average molecular weight is 173 g/mol. The fourth-order valence-electron chi connectivity index (χ4n) is 1.49. The van der Waals surface area contributed by atoms with Crippen molar-refractivity contribution in [3.63, 3.8) is 0 Å². The maximum atomic E-state index is 7.57. The van der Waals surface area contributed by atoms with Gasteiger partial charge in [0.2, 0.25) is 0 Å². The lowest BCUT2D eigenvalue weighted by Gasteiger charge is -2.13. The molecule has 0 aliphatic heterocycles. The van der Waals surface area contributed by atoms with E-state index >= 15 is 0 Å². The van der Waals surface area contributed by atoms with Crippen LogP contribution in [0.5, 0.6) is 0 Å². The molecule has 1 fully saturated rings. The van der Waals surface area contributed by atoms with Crippen LogP contribution in [0.2, 0.25) is 0 Å². The topological polar surface area (TPSA) is 46.2 Å². The molecule has 0 saturated heterocycles. The molecule has 2 nitrogen and oxygen atoms in total. The highest BCUT2D eigenvalue weighted by molar-refractivity contribution is 4.64. The number of hydrogen-bond donors (Lipinski definition) is 2. The number of hydrogen-bond acceptors (Lipinski definition) is 2. The molecule has 0 radical (unpaired) electrons. The maximum Gasteiger partial charge on any atom is 0.0402 e. The van der Waals surface area contributed by atoms with Crippen LogP contribution in [0.4, 0.5) is 0 Å². The molecule has 1 saturated carbocycles. The van der Waals surface area contributed by atoms with E-state index in [1.54, 1.807) is 6.92 Å². The molecular weight excluding hydrogens is 150 g/mol. The van der Waals surface area contributed by atoms with E-state index < -0.39 is 0 Å². The molecule has 12 heavy (non-hydrogen) atoms. The summed E-state index contributed by atoms with van der Waals surface area (Å²) in [6.07, 6.45) is 9.51. The van der Waals surface area contributed by atoms with E-state index in [4.69, 9.17) is 10.8 Å². The van der Waals surface area contributed by atoms with Gasteiger partial charge in [0.25, 0.3) is 0 Å². The molecule has 0 aromatic heterocycles. The lowest BCUT2D eigenvalue weighted by Crippen LogP contribution is -2.20.